The zero-order chi connectivity index (χ0) is 20.5. The van der Waals surface area contributed by atoms with Crippen LogP contribution in [-0.4, -0.2) is 55.5 Å². The predicted molar refractivity (Wildman–Crippen MR) is 103 cm³/mol. The molecule has 0 aliphatic carbocycles. The average molecular weight is 406 g/mol. The molecule has 0 aliphatic heterocycles. The number of rotatable bonds is 6. The number of hydrogen-bond acceptors (Lipinski definition) is 5. The lowest BCUT2D eigenvalue weighted by atomic mass is 10.1. The van der Waals surface area contributed by atoms with E-state index in [9.17, 15) is 22.7 Å². The second-order valence-corrected chi connectivity index (χ2v) is 7.99. The summed E-state index contributed by atoms with van der Waals surface area (Å²) in [5.74, 6) is -0.790. The lowest BCUT2D eigenvalue weighted by Crippen LogP contribution is -2.32. The third-order valence-electron chi connectivity index (χ3n) is 4.18. The van der Waals surface area contributed by atoms with Crippen molar-refractivity contribution >= 4 is 27.1 Å². The molecular weight excluding hydrogens is 387 g/mol. The Labute approximate surface area is 161 Å². The zero-order valence-electron chi connectivity index (χ0n) is 15.3. The Morgan fingerprint density at radius 1 is 1.25 bits per heavy atom. The molecule has 0 atom stereocenters. The average Bonchev–Trinajstić information content (AvgIpc) is 3.03. The zero-order valence-corrected chi connectivity index (χ0v) is 16.1. The van der Waals surface area contributed by atoms with Crippen LogP contribution in [0.5, 0.6) is 0 Å². The quantitative estimate of drug-likeness (QED) is 0.641. The summed E-state index contributed by atoms with van der Waals surface area (Å²) in [7, 11) is -2.13. The van der Waals surface area contributed by atoms with Crippen LogP contribution >= 0.6 is 0 Å². The van der Waals surface area contributed by atoms with Crippen molar-refractivity contribution in [1.29, 1.82) is 0 Å². The second-order valence-electron chi connectivity index (χ2n) is 6.09. The van der Waals surface area contributed by atoms with Crippen molar-refractivity contribution in [2.45, 2.75) is 0 Å². The highest BCUT2D eigenvalue weighted by atomic mass is 32.2. The Hall–Kier alpha value is -2.98. The van der Waals surface area contributed by atoms with Crippen molar-refractivity contribution < 1.29 is 22.7 Å². The van der Waals surface area contributed by atoms with Gasteiger partial charge < -0.3 is 10.4 Å². The number of anilines is 1. The molecule has 1 aromatic carbocycles. The maximum atomic E-state index is 13.3. The van der Waals surface area contributed by atoms with Gasteiger partial charge in [-0.15, -0.1) is 0 Å². The van der Waals surface area contributed by atoms with E-state index in [4.69, 9.17) is 0 Å². The molecule has 8 nitrogen and oxygen atoms in total. The number of sulfonamides is 1. The number of aromatic nitrogens is 2. The third-order valence-corrected chi connectivity index (χ3v) is 5.37. The largest absolute Gasteiger partial charge is 0.394 e. The number of nitrogens with zero attached hydrogens (tertiary/aromatic N) is 3. The normalized spacial score (nSPS) is 11.6. The van der Waals surface area contributed by atoms with Crippen LogP contribution in [0.4, 0.5) is 10.1 Å². The fraction of sp³-hybridized carbons (Fsp3) is 0.222. The van der Waals surface area contributed by atoms with Crippen molar-refractivity contribution in [3.8, 4) is 11.3 Å². The van der Waals surface area contributed by atoms with E-state index in [0.717, 1.165) is 10.6 Å². The SMILES string of the molecule is CNC(=O)c1c(-c2ccc(F)cc2)nn2cc(N(CCO)S(C)(=O)=O)ccc12. The molecule has 148 valence electrons. The van der Waals surface area contributed by atoms with Gasteiger partial charge in [-0.3, -0.25) is 9.10 Å². The molecule has 0 spiro atoms. The smallest absolute Gasteiger partial charge is 0.255 e. The molecule has 0 bridgehead atoms. The van der Waals surface area contributed by atoms with Crippen LogP contribution in [0.3, 0.4) is 0 Å². The number of carbonyl (C=O) groups is 1. The minimum Gasteiger partial charge on any atom is -0.394 e. The van der Waals surface area contributed by atoms with Crippen LogP contribution in [0.1, 0.15) is 10.4 Å². The number of pyridine rings is 1. The summed E-state index contributed by atoms with van der Waals surface area (Å²) >= 11 is 0. The number of aliphatic hydroxyl groups excluding tert-OH is 1. The van der Waals surface area contributed by atoms with E-state index in [0.29, 0.717) is 22.5 Å². The van der Waals surface area contributed by atoms with Crippen LogP contribution in [0.25, 0.3) is 16.8 Å². The van der Waals surface area contributed by atoms with Crippen molar-refractivity contribution in [3.63, 3.8) is 0 Å². The van der Waals surface area contributed by atoms with E-state index >= 15 is 0 Å². The van der Waals surface area contributed by atoms with Crippen LogP contribution in [0.15, 0.2) is 42.6 Å². The van der Waals surface area contributed by atoms with E-state index in [-0.39, 0.29) is 24.6 Å². The first-order chi connectivity index (χ1) is 13.3. The number of hydrogen-bond donors (Lipinski definition) is 2. The van der Waals surface area contributed by atoms with Gasteiger partial charge in [0.15, 0.2) is 0 Å². The van der Waals surface area contributed by atoms with E-state index in [1.807, 2.05) is 0 Å². The summed E-state index contributed by atoms with van der Waals surface area (Å²) < 4.78 is 39.8. The van der Waals surface area contributed by atoms with Gasteiger partial charge in [-0.05, 0) is 36.4 Å². The Morgan fingerprint density at radius 3 is 2.50 bits per heavy atom. The molecule has 3 aromatic rings. The van der Waals surface area contributed by atoms with Gasteiger partial charge in [0.1, 0.15) is 11.5 Å². The van der Waals surface area contributed by atoms with Gasteiger partial charge in [-0.2, -0.15) is 5.10 Å². The number of halogens is 1. The molecule has 1 amide bonds. The molecule has 0 unspecified atom stereocenters. The molecule has 0 saturated heterocycles. The van der Waals surface area contributed by atoms with Crippen molar-refractivity contribution in [2.24, 2.45) is 0 Å². The van der Waals surface area contributed by atoms with Crippen LogP contribution in [-0.2, 0) is 10.0 Å². The molecule has 2 heterocycles. The summed E-state index contributed by atoms with van der Waals surface area (Å²) in [6.07, 6.45) is 2.50. The maximum Gasteiger partial charge on any atom is 0.255 e. The Bertz CT molecular complexity index is 1130. The highest BCUT2D eigenvalue weighted by Crippen LogP contribution is 2.28. The van der Waals surface area contributed by atoms with Gasteiger partial charge in [-0.25, -0.2) is 17.3 Å². The molecule has 3 rings (SSSR count). The molecule has 28 heavy (non-hydrogen) atoms. The fourth-order valence-corrected chi connectivity index (χ4v) is 3.83. The summed E-state index contributed by atoms with van der Waals surface area (Å²) in [5, 5.41) is 16.2. The molecule has 2 N–H and O–H groups in total. The minimum absolute atomic E-state index is 0.112. The first-order valence-electron chi connectivity index (χ1n) is 8.35. The molecule has 0 saturated carbocycles. The maximum absolute atomic E-state index is 13.3. The van der Waals surface area contributed by atoms with E-state index in [2.05, 4.69) is 10.4 Å². The van der Waals surface area contributed by atoms with Crippen molar-refractivity contribution in [1.82, 2.24) is 14.9 Å². The number of nitrogens with one attached hydrogen (secondary N) is 1. The second kappa shape index (κ2) is 7.56. The van der Waals surface area contributed by atoms with Gasteiger partial charge in [0.05, 0.1) is 42.4 Å². The Kier molecular flexibility index (Phi) is 5.34. The summed E-state index contributed by atoms with van der Waals surface area (Å²) in [6.45, 7) is -0.465. The molecule has 2 aromatic heterocycles. The highest BCUT2D eigenvalue weighted by Gasteiger charge is 2.23. The number of carbonyl (C=O) groups excluding carboxylic acids is 1. The Balaban J connectivity index is 2.22. The molecule has 0 aliphatic rings. The van der Waals surface area contributed by atoms with Crippen LogP contribution in [0, 0.1) is 5.82 Å². The number of aliphatic hydroxyl groups is 1. The topological polar surface area (TPSA) is 104 Å². The van der Waals surface area contributed by atoms with E-state index in [1.165, 1.54) is 48.1 Å². The fourth-order valence-electron chi connectivity index (χ4n) is 2.92. The molecular formula is C18H19FN4O4S. The van der Waals surface area contributed by atoms with Gasteiger partial charge >= 0.3 is 0 Å². The van der Waals surface area contributed by atoms with Crippen LogP contribution < -0.4 is 9.62 Å². The lowest BCUT2D eigenvalue weighted by Gasteiger charge is -2.21. The van der Waals surface area contributed by atoms with Crippen molar-refractivity contribution in [2.75, 3.05) is 30.8 Å². The summed E-state index contributed by atoms with van der Waals surface area (Å²) in [6, 6.07) is 8.68. The molecule has 0 radical (unpaired) electrons. The first-order valence-corrected chi connectivity index (χ1v) is 10.2. The first kappa shape index (κ1) is 19.8. The standard InChI is InChI=1S/C18H19FN4O4S/c1-20-18(25)16-15-8-7-14(23(9-10-24)28(2,26)27)11-22(15)21-17(16)12-3-5-13(19)6-4-12/h3-8,11,24H,9-10H2,1-2H3,(H,20,25). The minimum atomic E-state index is -3.62. The molecule has 0 fully saturated rings. The van der Waals surface area contributed by atoms with E-state index < -0.39 is 15.8 Å². The van der Waals surface area contributed by atoms with Gasteiger partial charge in [0.25, 0.3) is 5.91 Å². The summed E-state index contributed by atoms with van der Waals surface area (Å²) in [5.41, 5.74) is 1.92. The highest BCUT2D eigenvalue weighted by molar-refractivity contribution is 7.92. The predicted octanol–water partition coefficient (Wildman–Crippen LogP) is 1.26. The van der Waals surface area contributed by atoms with Gasteiger partial charge in [-0.1, -0.05) is 0 Å². The third kappa shape index (κ3) is 3.69. The summed E-state index contributed by atoms with van der Waals surface area (Å²) in [4.78, 5) is 12.5. The van der Waals surface area contributed by atoms with E-state index in [1.54, 1.807) is 6.07 Å². The van der Waals surface area contributed by atoms with Gasteiger partial charge in [0.2, 0.25) is 10.0 Å². The molecule has 10 heteroatoms. The number of benzene rings is 1. The van der Waals surface area contributed by atoms with Gasteiger partial charge in [0, 0.05) is 12.6 Å². The monoisotopic (exact) mass is 406 g/mol. The Morgan fingerprint density at radius 2 is 1.93 bits per heavy atom. The lowest BCUT2D eigenvalue weighted by molar-refractivity contribution is 0.0965. The number of amides is 1. The van der Waals surface area contributed by atoms with Crippen LogP contribution in [0.2, 0.25) is 0 Å². The van der Waals surface area contributed by atoms with Crippen molar-refractivity contribution in [3.05, 3.63) is 54.0 Å². The number of fused-ring (bicyclic) bond motifs is 1.